The van der Waals surface area contributed by atoms with Gasteiger partial charge in [-0.05, 0) is 37.5 Å². The molecule has 0 fully saturated rings. The van der Waals surface area contributed by atoms with E-state index >= 15 is 0 Å². The zero-order chi connectivity index (χ0) is 17.7. The number of hydrogen-bond donors (Lipinski definition) is 2. The number of carbonyl (C=O) groups excluding carboxylic acids is 1. The van der Waals surface area contributed by atoms with Crippen LogP contribution in [0.1, 0.15) is 33.1 Å². The molecule has 0 aliphatic carbocycles. The highest BCUT2D eigenvalue weighted by Crippen LogP contribution is 2.28. The average molecular weight is 320 g/mol. The molecule has 0 bridgehead atoms. The third kappa shape index (κ3) is 7.44. The molecule has 130 valence electrons. The molecule has 0 saturated heterocycles. The van der Waals surface area contributed by atoms with Gasteiger partial charge in [0.05, 0.1) is 12.6 Å². The molecule has 4 heteroatoms. The van der Waals surface area contributed by atoms with Crippen LogP contribution in [0.15, 0.2) is 48.6 Å². The summed E-state index contributed by atoms with van der Waals surface area (Å²) in [6.07, 6.45) is 7.79. The molecule has 1 rings (SSSR count). The lowest BCUT2D eigenvalue weighted by atomic mass is 9.89. The molecule has 1 heterocycles. The first-order valence-corrected chi connectivity index (χ1v) is 8.23. The van der Waals surface area contributed by atoms with Gasteiger partial charge in [0.25, 0.3) is 0 Å². The average Bonchev–Trinajstić information content (AvgIpc) is 2.57. The second-order valence-electron chi connectivity index (χ2n) is 5.56. The van der Waals surface area contributed by atoms with Crippen LogP contribution >= 0.6 is 0 Å². The van der Waals surface area contributed by atoms with Crippen LogP contribution in [0.5, 0.6) is 0 Å². The highest BCUT2D eigenvalue weighted by atomic mass is 16.3. The van der Waals surface area contributed by atoms with E-state index in [4.69, 9.17) is 5.11 Å². The summed E-state index contributed by atoms with van der Waals surface area (Å²) in [5, 5.41) is 11.4. The summed E-state index contributed by atoms with van der Waals surface area (Å²) in [6, 6.07) is -0.0400. The molecule has 4 nitrogen and oxygen atoms in total. The number of nitrogens with zero attached hydrogens (tertiary/aromatic N) is 1. The summed E-state index contributed by atoms with van der Waals surface area (Å²) in [5.74, 6) is 0. The van der Waals surface area contributed by atoms with Crippen molar-refractivity contribution in [1.82, 2.24) is 10.2 Å². The number of nitrogens with one attached hydrogen (secondary N) is 1. The van der Waals surface area contributed by atoms with Gasteiger partial charge in [-0.1, -0.05) is 50.8 Å². The first kappa shape index (κ1) is 21.4. The maximum absolute atomic E-state index is 10.9. The number of unbranched alkanes of at least 4 members (excludes halogenated alkanes) is 1. The molecule has 0 radical (unpaired) electrons. The topological polar surface area (TPSA) is 52.6 Å². The third-order valence-electron chi connectivity index (χ3n) is 3.70. The molecule has 23 heavy (non-hydrogen) atoms. The van der Waals surface area contributed by atoms with Crippen molar-refractivity contribution in [2.24, 2.45) is 0 Å². The van der Waals surface area contributed by atoms with Crippen LogP contribution in [0.4, 0.5) is 0 Å². The standard InChI is InChI=1S/C13H17NO.C6H15NO/c1-5-11-7-8-14(9-15)13(10(3)4)12(11)6-2;1-2-3-4-7-5-6-8/h5-6,9,13H,1-3,7-8H2,4H3;7-8H,2-6H2,1H3/t13-;/m0./s1. The van der Waals surface area contributed by atoms with Crippen molar-refractivity contribution in [2.75, 3.05) is 26.2 Å². The summed E-state index contributed by atoms with van der Waals surface area (Å²) in [6.45, 7) is 18.3. The van der Waals surface area contributed by atoms with Gasteiger partial charge in [-0.3, -0.25) is 4.79 Å². The predicted molar refractivity (Wildman–Crippen MR) is 98.3 cm³/mol. The Morgan fingerprint density at radius 1 is 1.39 bits per heavy atom. The monoisotopic (exact) mass is 320 g/mol. The van der Waals surface area contributed by atoms with Gasteiger partial charge in [0, 0.05) is 13.1 Å². The Morgan fingerprint density at radius 3 is 2.52 bits per heavy atom. The van der Waals surface area contributed by atoms with Gasteiger partial charge in [-0.15, -0.1) is 0 Å². The molecule has 2 N–H and O–H groups in total. The minimum atomic E-state index is -0.0400. The van der Waals surface area contributed by atoms with Crippen LogP contribution in [-0.4, -0.2) is 48.7 Å². The van der Waals surface area contributed by atoms with E-state index < -0.39 is 0 Å². The molecule has 1 aliphatic heterocycles. The minimum absolute atomic E-state index is 0.0400. The Hall–Kier alpha value is -1.65. The van der Waals surface area contributed by atoms with E-state index in [1.165, 1.54) is 12.8 Å². The minimum Gasteiger partial charge on any atom is -0.395 e. The molecule has 0 saturated carbocycles. The SMILES string of the molecule is C=CC1=C(C=C)[C@H](C(=C)C)N(C=O)CC1.CCCCNCCO. The quantitative estimate of drug-likeness (QED) is 0.390. The molecule has 1 amide bonds. The largest absolute Gasteiger partial charge is 0.395 e. The van der Waals surface area contributed by atoms with Crippen molar-refractivity contribution in [1.29, 1.82) is 0 Å². The summed E-state index contributed by atoms with van der Waals surface area (Å²) in [4.78, 5) is 12.7. The Morgan fingerprint density at radius 2 is 2.09 bits per heavy atom. The van der Waals surface area contributed by atoms with E-state index in [-0.39, 0.29) is 12.6 Å². The summed E-state index contributed by atoms with van der Waals surface area (Å²) >= 11 is 0. The fourth-order valence-corrected chi connectivity index (χ4v) is 2.51. The molecule has 1 aliphatic rings. The van der Waals surface area contributed by atoms with Crippen LogP contribution in [-0.2, 0) is 4.79 Å². The number of carbonyl (C=O) groups is 1. The zero-order valence-electron chi connectivity index (χ0n) is 14.7. The van der Waals surface area contributed by atoms with Crippen molar-refractivity contribution in [3.63, 3.8) is 0 Å². The predicted octanol–water partition coefficient (Wildman–Crippen LogP) is 2.83. The molecule has 0 aromatic heterocycles. The van der Waals surface area contributed by atoms with Crippen molar-refractivity contribution in [2.45, 2.75) is 39.2 Å². The highest BCUT2D eigenvalue weighted by Gasteiger charge is 2.26. The van der Waals surface area contributed by atoms with Crippen LogP contribution in [0.3, 0.4) is 0 Å². The summed E-state index contributed by atoms with van der Waals surface area (Å²) in [7, 11) is 0. The van der Waals surface area contributed by atoms with Gasteiger partial charge in [-0.2, -0.15) is 0 Å². The van der Waals surface area contributed by atoms with Crippen LogP contribution in [0, 0.1) is 0 Å². The number of amides is 1. The maximum atomic E-state index is 10.9. The molecule has 0 unspecified atom stereocenters. The van der Waals surface area contributed by atoms with Crippen LogP contribution in [0.25, 0.3) is 0 Å². The molecule has 0 spiro atoms. The Labute approximate surface area is 141 Å². The normalized spacial score (nSPS) is 17.2. The van der Waals surface area contributed by atoms with Crippen molar-refractivity contribution >= 4 is 6.41 Å². The Kier molecular flexibility index (Phi) is 11.9. The van der Waals surface area contributed by atoms with E-state index in [0.717, 1.165) is 49.2 Å². The number of rotatable bonds is 9. The van der Waals surface area contributed by atoms with E-state index in [9.17, 15) is 4.79 Å². The van der Waals surface area contributed by atoms with E-state index in [1.807, 2.05) is 13.0 Å². The second kappa shape index (κ2) is 12.9. The molecular formula is C19H32N2O2. The van der Waals surface area contributed by atoms with Crippen molar-refractivity contribution in [3.05, 3.63) is 48.6 Å². The maximum Gasteiger partial charge on any atom is 0.210 e. The number of allylic oxidation sites excluding steroid dienone is 1. The van der Waals surface area contributed by atoms with Crippen LogP contribution in [0.2, 0.25) is 0 Å². The molecule has 0 aromatic carbocycles. The Balaban J connectivity index is 0.000000515. The van der Waals surface area contributed by atoms with E-state index in [2.05, 4.69) is 32.0 Å². The fraction of sp³-hybridized carbons (Fsp3) is 0.526. The lowest BCUT2D eigenvalue weighted by molar-refractivity contribution is -0.119. The third-order valence-corrected chi connectivity index (χ3v) is 3.70. The van der Waals surface area contributed by atoms with E-state index in [1.54, 1.807) is 11.0 Å². The van der Waals surface area contributed by atoms with Gasteiger partial charge < -0.3 is 15.3 Å². The summed E-state index contributed by atoms with van der Waals surface area (Å²) < 4.78 is 0. The Bertz CT molecular complexity index is 421. The first-order valence-electron chi connectivity index (χ1n) is 8.23. The molecule has 1 atom stereocenters. The van der Waals surface area contributed by atoms with E-state index in [0.29, 0.717) is 0 Å². The fourth-order valence-electron chi connectivity index (χ4n) is 2.51. The zero-order valence-corrected chi connectivity index (χ0v) is 14.7. The van der Waals surface area contributed by atoms with Crippen molar-refractivity contribution < 1.29 is 9.90 Å². The lowest BCUT2D eigenvalue weighted by Crippen LogP contribution is -2.40. The highest BCUT2D eigenvalue weighted by molar-refractivity contribution is 5.55. The lowest BCUT2D eigenvalue weighted by Gasteiger charge is -2.35. The number of hydrogen-bond acceptors (Lipinski definition) is 3. The molecular weight excluding hydrogens is 288 g/mol. The smallest absolute Gasteiger partial charge is 0.210 e. The number of aliphatic hydroxyl groups is 1. The van der Waals surface area contributed by atoms with Crippen molar-refractivity contribution in [3.8, 4) is 0 Å². The van der Waals surface area contributed by atoms with Gasteiger partial charge in [-0.25, -0.2) is 0 Å². The van der Waals surface area contributed by atoms with Crippen LogP contribution < -0.4 is 5.32 Å². The summed E-state index contributed by atoms with van der Waals surface area (Å²) in [5.41, 5.74) is 3.17. The van der Waals surface area contributed by atoms with Gasteiger partial charge >= 0.3 is 0 Å². The first-order chi connectivity index (χ1) is 11.1. The van der Waals surface area contributed by atoms with Gasteiger partial charge in [0.2, 0.25) is 6.41 Å². The van der Waals surface area contributed by atoms with Gasteiger partial charge in [0.1, 0.15) is 0 Å². The number of aliphatic hydroxyl groups excluding tert-OH is 1. The van der Waals surface area contributed by atoms with Gasteiger partial charge in [0.15, 0.2) is 0 Å². The second-order valence-corrected chi connectivity index (χ2v) is 5.56. The molecule has 0 aromatic rings.